The van der Waals surface area contributed by atoms with Gasteiger partial charge in [-0.2, -0.15) is 0 Å². The second-order valence-corrected chi connectivity index (χ2v) is 5.00. The zero-order valence-electron chi connectivity index (χ0n) is 9.35. The largest absolute Gasteiger partial charge is 0.381 e. The van der Waals surface area contributed by atoms with E-state index in [4.69, 9.17) is 4.74 Å². The summed E-state index contributed by atoms with van der Waals surface area (Å²) in [5, 5.41) is 3.67. The summed E-state index contributed by atoms with van der Waals surface area (Å²) in [7, 11) is 0. The standard InChI is InChI=1S/C12H23NO/c1-2-14-10-12(7-3-4-8-12)9-13-11-5-6-11/h11,13H,2-10H2,1H3. The van der Waals surface area contributed by atoms with Gasteiger partial charge >= 0.3 is 0 Å². The predicted molar refractivity (Wildman–Crippen MR) is 58.4 cm³/mol. The molecule has 0 unspecified atom stereocenters. The summed E-state index contributed by atoms with van der Waals surface area (Å²) in [5.74, 6) is 0. The summed E-state index contributed by atoms with van der Waals surface area (Å²) in [5.41, 5.74) is 0.485. The maximum absolute atomic E-state index is 5.63. The molecule has 0 bridgehead atoms. The molecule has 0 aliphatic heterocycles. The second-order valence-electron chi connectivity index (χ2n) is 5.00. The van der Waals surface area contributed by atoms with Crippen LogP contribution in [0.15, 0.2) is 0 Å². The molecule has 2 nitrogen and oxygen atoms in total. The van der Waals surface area contributed by atoms with Crippen LogP contribution in [0.25, 0.3) is 0 Å². The van der Waals surface area contributed by atoms with Gasteiger partial charge in [-0.25, -0.2) is 0 Å². The molecular formula is C12H23NO. The molecule has 0 aromatic carbocycles. The van der Waals surface area contributed by atoms with Crippen LogP contribution in [-0.4, -0.2) is 25.8 Å². The second kappa shape index (κ2) is 4.63. The van der Waals surface area contributed by atoms with Gasteiger partial charge in [-0.05, 0) is 32.6 Å². The van der Waals surface area contributed by atoms with Crippen molar-refractivity contribution in [2.45, 2.75) is 51.5 Å². The molecule has 0 heterocycles. The molecule has 0 aromatic heterocycles. The third-order valence-electron chi connectivity index (χ3n) is 3.62. The van der Waals surface area contributed by atoms with E-state index in [2.05, 4.69) is 12.2 Å². The van der Waals surface area contributed by atoms with Gasteiger partial charge in [0.15, 0.2) is 0 Å². The van der Waals surface area contributed by atoms with Gasteiger partial charge in [-0.1, -0.05) is 12.8 Å². The zero-order chi connectivity index (χ0) is 9.86. The minimum absolute atomic E-state index is 0.485. The normalized spacial score (nSPS) is 25.5. The first-order valence-corrected chi connectivity index (χ1v) is 6.16. The van der Waals surface area contributed by atoms with E-state index < -0.39 is 0 Å². The van der Waals surface area contributed by atoms with Crippen molar-refractivity contribution in [3.8, 4) is 0 Å². The van der Waals surface area contributed by atoms with Crippen molar-refractivity contribution in [3.05, 3.63) is 0 Å². The summed E-state index contributed by atoms with van der Waals surface area (Å²) in [4.78, 5) is 0. The first kappa shape index (κ1) is 10.4. The molecule has 1 N–H and O–H groups in total. The van der Waals surface area contributed by atoms with Crippen LogP contribution in [0.3, 0.4) is 0 Å². The van der Waals surface area contributed by atoms with Crippen LogP contribution < -0.4 is 5.32 Å². The Morgan fingerprint density at radius 3 is 2.57 bits per heavy atom. The Morgan fingerprint density at radius 2 is 2.00 bits per heavy atom. The first-order chi connectivity index (χ1) is 6.85. The fraction of sp³-hybridized carbons (Fsp3) is 1.00. The van der Waals surface area contributed by atoms with Crippen molar-refractivity contribution >= 4 is 0 Å². The minimum atomic E-state index is 0.485. The smallest absolute Gasteiger partial charge is 0.0534 e. The van der Waals surface area contributed by atoms with Crippen molar-refractivity contribution in [1.82, 2.24) is 5.32 Å². The maximum atomic E-state index is 5.63. The van der Waals surface area contributed by atoms with E-state index in [1.807, 2.05) is 0 Å². The number of ether oxygens (including phenoxy) is 1. The Labute approximate surface area is 87.4 Å². The van der Waals surface area contributed by atoms with Gasteiger partial charge in [0.25, 0.3) is 0 Å². The third kappa shape index (κ3) is 2.71. The highest BCUT2D eigenvalue weighted by Gasteiger charge is 2.35. The summed E-state index contributed by atoms with van der Waals surface area (Å²) >= 11 is 0. The lowest BCUT2D eigenvalue weighted by Gasteiger charge is -2.29. The van der Waals surface area contributed by atoms with Gasteiger partial charge in [0.1, 0.15) is 0 Å². The van der Waals surface area contributed by atoms with Gasteiger partial charge in [-0.15, -0.1) is 0 Å². The van der Waals surface area contributed by atoms with Crippen LogP contribution in [0.2, 0.25) is 0 Å². The Morgan fingerprint density at radius 1 is 1.29 bits per heavy atom. The van der Waals surface area contributed by atoms with Crippen LogP contribution in [0.4, 0.5) is 0 Å². The Balaban J connectivity index is 1.77. The quantitative estimate of drug-likeness (QED) is 0.705. The summed E-state index contributed by atoms with van der Waals surface area (Å²) in [6.45, 7) is 5.13. The third-order valence-corrected chi connectivity index (χ3v) is 3.62. The number of hydrogen-bond acceptors (Lipinski definition) is 2. The van der Waals surface area contributed by atoms with Gasteiger partial charge in [0.2, 0.25) is 0 Å². The van der Waals surface area contributed by atoms with Gasteiger partial charge < -0.3 is 10.1 Å². The highest BCUT2D eigenvalue weighted by molar-refractivity contribution is 4.90. The molecule has 82 valence electrons. The molecule has 0 amide bonds. The van der Waals surface area contributed by atoms with Crippen LogP contribution in [-0.2, 0) is 4.74 Å². The molecule has 2 aliphatic carbocycles. The van der Waals surface area contributed by atoms with E-state index in [0.717, 1.165) is 19.3 Å². The topological polar surface area (TPSA) is 21.3 Å². The molecule has 2 rings (SSSR count). The van der Waals surface area contributed by atoms with Crippen molar-refractivity contribution in [3.63, 3.8) is 0 Å². The van der Waals surface area contributed by atoms with E-state index in [9.17, 15) is 0 Å². The number of nitrogens with one attached hydrogen (secondary N) is 1. The van der Waals surface area contributed by atoms with E-state index in [1.165, 1.54) is 45.1 Å². The molecule has 0 aromatic rings. The van der Waals surface area contributed by atoms with E-state index in [-0.39, 0.29) is 0 Å². The first-order valence-electron chi connectivity index (χ1n) is 6.16. The minimum Gasteiger partial charge on any atom is -0.381 e. The fourth-order valence-corrected chi connectivity index (χ4v) is 2.46. The van der Waals surface area contributed by atoms with Crippen molar-refractivity contribution in [2.75, 3.05) is 19.8 Å². The van der Waals surface area contributed by atoms with Gasteiger partial charge in [-0.3, -0.25) is 0 Å². The Kier molecular flexibility index (Phi) is 3.45. The molecular weight excluding hydrogens is 174 g/mol. The van der Waals surface area contributed by atoms with E-state index in [0.29, 0.717) is 5.41 Å². The maximum Gasteiger partial charge on any atom is 0.0534 e. The van der Waals surface area contributed by atoms with Crippen LogP contribution in [0, 0.1) is 5.41 Å². The molecule has 0 atom stereocenters. The number of hydrogen-bond donors (Lipinski definition) is 1. The van der Waals surface area contributed by atoms with Gasteiger partial charge in [0, 0.05) is 24.6 Å². The molecule has 0 radical (unpaired) electrons. The van der Waals surface area contributed by atoms with Gasteiger partial charge in [0.05, 0.1) is 6.61 Å². The Hall–Kier alpha value is -0.0800. The van der Waals surface area contributed by atoms with Crippen LogP contribution in [0.1, 0.15) is 45.4 Å². The molecule has 2 aliphatic rings. The molecule has 0 saturated heterocycles. The summed E-state index contributed by atoms with van der Waals surface area (Å²) < 4.78 is 5.63. The summed E-state index contributed by atoms with van der Waals surface area (Å²) in [6.07, 6.45) is 8.33. The van der Waals surface area contributed by atoms with Crippen LogP contribution >= 0.6 is 0 Å². The van der Waals surface area contributed by atoms with Crippen LogP contribution in [0.5, 0.6) is 0 Å². The van der Waals surface area contributed by atoms with Crippen molar-refractivity contribution in [2.24, 2.45) is 5.41 Å². The summed E-state index contributed by atoms with van der Waals surface area (Å²) in [6, 6.07) is 0.842. The number of rotatable bonds is 6. The average molecular weight is 197 g/mol. The predicted octanol–water partition coefficient (Wildman–Crippen LogP) is 2.34. The lowest BCUT2D eigenvalue weighted by atomic mass is 9.87. The zero-order valence-corrected chi connectivity index (χ0v) is 9.35. The monoisotopic (exact) mass is 197 g/mol. The van der Waals surface area contributed by atoms with Crippen molar-refractivity contribution in [1.29, 1.82) is 0 Å². The van der Waals surface area contributed by atoms with E-state index in [1.54, 1.807) is 0 Å². The van der Waals surface area contributed by atoms with E-state index >= 15 is 0 Å². The lowest BCUT2D eigenvalue weighted by Crippen LogP contribution is -2.37. The average Bonchev–Trinajstić information content (AvgIpc) is 2.93. The molecule has 14 heavy (non-hydrogen) atoms. The SMILES string of the molecule is CCOCC1(CNC2CC2)CCCC1. The Bertz CT molecular complexity index is 171. The molecule has 2 fully saturated rings. The lowest BCUT2D eigenvalue weighted by molar-refractivity contribution is 0.0534. The fourth-order valence-electron chi connectivity index (χ4n) is 2.46. The molecule has 2 heteroatoms. The molecule has 2 saturated carbocycles. The highest BCUT2D eigenvalue weighted by Crippen LogP contribution is 2.38. The highest BCUT2D eigenvalue weighted by atomic mass is 16.5. The van der Waals surface area contributed by atoms with Crippen molar-refractivity contribution < 1.29 is 4.74 Å². The molecule has 0 spiro atoms.